The highest BCUT2D eigenvalue weighted by molar-refractivity contribution is 5.94. The fourth-order valence-electron chi connectivity index (χ4n) is 2.79. The van der Waals surface area contributed by atoms with Gasteiger partial charge in [0.2, 0.25) is 0 Å². The number of primary amides is 1. The lowest BCUT2D eigenvalue weighted by Crippen LogP contribution is -2.34. The van der Waals surface area contributed by atoms with Crippen LogP contribution in [0.25, 0.3) is 0 Å². The summed E-state index contributed by atoms with van der Waals surface area (Å²) in [4.78, 5) is 31.5. The Kier molecular flexibility index (Phi) is 4.05. The van der Waals surface area contributed by atoms with Crippen LogP contribution in [-0.4, -0.2) is 38.1 Å². The number of nitrogens with zero attached hydrogens (tertiary/aromatic N) is 4. The molecular weight excluding hydrogens is 296 g/mol. The molecule has 0 aliphatic carbocycles. The minimum atomic E-state index is -0.465. The number of hydrogen-bond acceptors (Lipinski definition) is 5. The Bertz CT molecular complexity index is 754. The second-order valence-electron chi connectivity index (χ2n) is 5.71. The zero-order valence-corrected chi connectivity index (χ0v) is 12.8. The molecule has 0 saturated carbocycles. The number of fused-ring (bicyclic) bond motifs is 1. The van der Waals surface area contributed by atoms with Crippen molar-refractivity contribution in [1.82, 2.24) is 25.1 Å². The topological polar surface area (TPSA) is 116 Å². The Labute approximate surface area is 133 Å². The summed E-state index contributed by atoms with van der Waals surface area (Å²) in [5.41, 5.74) is 7.78. The van der Waals surface area contributed by atoms with Crippen LogP contribution in [0.2, 0.25) is 0 Å². The highest BCUT2D eigenvalue weighted by Gasteiger charge is 2.24. The Balaban J connectivity index is 1.62. The van der Waals surface area contributed by atoms with Crippen molar-refractivity contribution in [2.24, 2.45) is 11.7 Å². The van der Waals surface area contributed by atoms with Crippen LogP contribution in [0, 0.1) is 12.8 Å². The molecular formula is C15H18N6O2. The largest absolute Gasteiger partial charge is 0.365 e. The molecule has 8 nitrogen and oxygen atoms in total. The number of aromatic nitrogens is 4. The summed E-state index contributed by atoms with van der Waals surface area (Å²) in [6, 6.07) is 1.65. The first-order chi connectivity index (χ1) is 11.0. The highest BCUT2D eigenvalue weighted by Crippen LogP contribution is 2.22. The molecule has 2 amide bonds. The molecule has 1 unspecified atom stereocenters. The summed E-state index contributed by atoms with van der Waals surface area (Å²) < 4.78 is 1.81. The van der Waals surface area contributed by atoms with Crippen molar-refractivity contribution in [1.29, 1.82) is 0 Å². The third kappa shape index (κ3) is 3.20. The van der Waals surface area contributed by atoms with Gasteiger partial charge in [-0.3, -0.25) is 14.3 Å². The Hall–Kier alpha value is -2.77. The third-order valence-corrected chi connectivity index (χ3v) is 4.03. The predicted octanol–water partition coefficient (Wildman–Crippen LogP) is 0.0728. The molecule has 0 saturated heterocycles. The van der Waals surface area contributed by atoms with Crippen LogP contribution in [0.15, 0.2) is 18.6 Å². The lowest BCUT2D eigenvalue weighted by molar-refractivity contribution is 0.0936. The molecule has 0 aromatic carbocycles. The van der Waals surface area contributed by atoms with Crippen LogP contribution < -0.4 is 11.1 Å². The fraction of sp³-hybridized carbons (Fsp3) is 0.400. The van der Waals surface area contributed by atoms with Crippen molar-refractivity contribution >= 4 is 11.8 Å². The van der Waals surface area contributed by atoms with Gasteiger partial charge in [-0.05, 0) is 31.7 Å². The van der Waals surface area contributed by atoms with E-state index in [0.29, 0.717) is 24.2 Å². The minimum Gasteiger partial charge on any atom is -0.365 e. The van der Waals surface area contributed by atoms with Gasteiger partial charge in [-0.1, -0.05) is 0 Å². The van der Waals surface area contributed by atoms with Gasteiger partial charge in [0, 0.05) is 18.8 Å². The smallest absolute Gasteiger partial charge is 0.270 e. The monoisotopic (exact) mass is 314 g/mol. The molecule has 0 spiro atoms. The molecule has 2 aromatic rings. The normalized spacial score (nSPS) is 16.7. The number of nitrogens with one attached hydrogen (secondary N) is 1. The standard InChI is InChI=1S/C15H18N6O2/c1-9-4-12(19-8-18-9)15(23)17-6-10-2-3-21-13(5-10)11(7-20-21)14(16)22/h4,7-8,10H,2-3,5-6H2,1H3,(H2,16,22)(H,17,23). The van der Waals surface area contributed by atoms with Crippen LogP contribution in [0.1, 0.15) is 38.7 Å². The lowest BCUT2D eigenvalue weighted by atomic mass is 9.94. The van der Waals surface area contributed by atoms with E-state index in [1.54, 1.807) is 6.07 Å². The highest BCUT2D eigenvalue weighted by atomic mass is 16.2. The molecule has 2 aromatic heterocycles. The summed E-state index contributed by atoms with van der Waals surface area (Å²) in [6.45, 7) is 3.05. The Morgan fingerprint density at radius 3 is 3.00 bits per heavy atom. The molecule has 0 radical (unpaired) electrons. The van der Waals surface area contributed by atoms with Crippen molar-refractivity contribution in [3.8, 4) is 0 Å². The molecule has 120 valence electrons. The van der Waals surface area contributed by atoms with E-state index in [2.05, 4.69) is 20.4 Å². The molecule has 3 rings (SSSR count). The van der Waals surface area contributed by atoms with Crippen LogP contribution in [0.3, 0.4) is 0 Å². The summed E-state index contributed by atoms with van der Waals surface area (Å²) in [5.74, 6) is -0.443. The van der Waals surface area contributed by atoms with E-state index in [-0.39, 0.29) is 11.8 Å². The summed E-state index contributed by atoms with van der Waals surface area (Å²) in [5, 5.41) is 7.07. The first kappa shape index (κ1) is 15.1. The molecule has 0 fully saturated rings. The van der Waals surface area contributed by atoms with E-state index < -0.39 is 5.91 Å². The van der Waals surface area contributed by atoms with Crippen LogP contribution in [-0.2, 0) is 13.0 Å². The average Bonchev–Trinajstić information content (AvgIpc) is 2.96. The third-order valence-electron chi connectivity index (χ3n) is 4.03. The van der Waals surface area contributed by atoms with Crippen LogP contribution in [0.5, 0.6) is 0 Å². The van der Waals surface area contributed by atoms with Gasteiger partial charge in [0.15, 0.2) is 0 Å². The van der Waals surface area contributed by atoms with E-state index >= 15 is 0 Å². The maximum absolute atomic E-state index is 12.1. The zero-order chi connectivity index (χ0) is 16.4. The van der Waals surface area contributed by atoms with Gasteiger partial charge in [0.1, 0.15) is 12.0 Å². The van der Waals surface area contributed by atoms with E-state index in [9.17, 15) is 9.59 Å². The summed E-state index contributed by atoms with van der Waals surface area (Å²) in [7, 11) is 0. The quantitative estimate of drug-likeness (QED) is 0.828. The summed E-state index contributed by atoms with van der Waals surface area (Å²) >= 11 is 0. The number of carbonyl (C=O) groups excluding carboxylic acids is 2. The number of aryl methyl sites for hydroxylation is 2. The first-order valence-corrected chi connectivity index (χ1v) is 7.46. The predicted molar refractivity (Wildman–Crippen MR) is 81.7 cm³/mol. The molecule has 3 heterocycles. The second-order valence-corrected chi connectivity index (χ2v) is 5.71. The summed E-state index contributed by atoms with van der Waals surface area (Å²) in [6.07, 6.45) is 4.45. The first-order valence-electron chi connectivity index (χ1n) is 7.46. The molecule has 1 aliphatic rings. The fourth-order valence-corrected chi connectivity index (χ4v) is 2.79. The Morgan fingerprint density at radius 1 is 1.43 bits per heavy atom. The average molecular weight is 314 g/mol. The number of hydrogen-bond donors (Lipinski definition) is 2. The maximum atomic E-state index is 12.1. The molecule has 1 aliphatic heterocycles. The minimum absolute atomic E-state index is 0.218. The van der Waals surface area contributed by atoms with Gasteiger partial charge in [-0.25, -0.2) is 9.97 Å². The van der Waals surface area contributed by atoms with Crippen molar-refractivity contribution in [3.05, 3.63) is 41.2 Å². The number of carbonyl (C=O) groups is 2. The van der Waals surface area contributed by atoms with Crippen molar-refractivity contribution in [2.45, 2.75) is 26.3 Å². The number of rotatable bonds is 4. The van der Waals surface area contributed by atoms with Crippen LogP contribution in [0.4, 0.5) is 0 Å². The van der Waals surface area contributed by atoms with Gasteiger partial charge in [-0.15, -0.1) is 0 Å². The van der Waals surface area contributed by atoms with Gasteiger partial charge in [0.25, 0.3) is 11.8 Å². The van der Waals surface area contributed by atoms with Crippen molar-refractivity contribution in [3.63, 3.8) is 0 Å². The van der Waals surface area contributed by atoms with Crippen molar-refractivity contribution in [2.75, 3.05) is 6.54 Å². The zero-order valence-electron chi connectivity index (χ0n) is 12.8. The van der Waals surface area contributed by atoms with Gasteiger partial charge in [-0.2, -0.15) is 5.10 Å². The second kappa shape index (κ2) is 6.15. The van der Waals surface area contributed by atoms with E-state index in [1.807, 2.05) is 11.6 Å². The SMILES string of the molecule is Cc1cc(C(=O)NCC2CCn3ncc(C(N)=O)c3C2)ncn1. The molecule has 8 heteroatoms. The number of nitrogens with two attached hydrogens (primary N) is 1. The van der Waals surface area contributed by atoms with Gasteiger partial charge >= 0.3 is 0 Å². The van der Waals surface area contributed by atoms with Crippen molar-refractivity contribution < 1.29 is 9.59 Å². The van der Waals surface area contributed by atoms with Gasteiger partial charge < -0.3 is 11.1 Å². The number of amides is 2. The van der Waals surface area contributed by atoms with Gasteiger partial charge in [0.05, 0.1) is 17.5 Å². The Morgan fingerprint density at radius 2 is 2.26 bits per heavy atom. The van der Waals surface area contributed by atoms with E-state index in [4.69, 9.17) is 5.73 Å². The molecule has 0 bridgehead atoms. The molecule has 3 N–H and O–H groups in total. The van der Waals surface area contributed by atoms with E-state index in [1.165, 1.54) is 12.5 Å². The maximum Gasteiger partial charge on any atom is 0.270 e. The lowest BCUT2D eigenvalue weighted by Gasteiger charge is -2.24. The molecule has 23 heavy (non-hydrogen) atoms. The molecule has 1 atom stereocenters. The van der Waals surface area contributed by atoms with Crippen LogP contribution >= 0.6 is 0 Å². The van der Waals surface area contributed by atoms with E-state index in [0.717, 1.165) is 24.4 Å².